The zero-order valence-corrected chi connectivity index (χ0v) is 17.0. The molecular weight excluding hydrogens is 433 g/mol. The number of anilines is 3. The number of carbonyl (C=O) groups excluding carboxylic acids is 2. The summed E-state index contributed by atoms with van der Waals surface area (Å²) in [6.07, 6.45) is 2.16. The number of benzene rings is 1. The van der Waals surface area contributed by atoms with Gasteiger partial charge in [0.15, 0.2) is 10.9 Å². The van der Waals surface area contributed by atoms with Crippen molar-refractivity contribution in [2.45, 2.75) is 31.7 Å². The van der Waals surface area contributed by atoms with Crippen molar-refractivity contribution in [1.29, 1.82) is 0 Å². The first-order valence-corrected chi connectivity index (χ1v) is 10.00. The molecule has 162 valence electrons. The SMILES string of the molecule is Cc1cc(F)c(C(=O)Nc2ccn(C3CC(F)(F)C3)n2)cc1NC(=O)c1cnc(N)s1. The van der Waals surface area contributed by atoms with E-state index in [1.165, 1.54) is 29.2 Å². The molecule has 0 bridgehead atoms. The van der Waals surface area contributed by atoms with E-state index in [1.807, 2.05) is 0 Å². The van der Waals surface area contributed by atoms with Gasteiger partial charge in [-0.25, -0.2) is 18.2 Å². The maximum atomic E-state index is 14.4. The molecule has 8 nitrogen and oxygen atoms in total. The van der Waals surface area contributed by atoms with Gasteiger partial charge < -0.3 is 16.4 Å². The van der Waals surface area contributed by atoms with Gasteiger partial charge >= 0.3 is 0 Å². The number of thiazole rings is 1. The Kier molecular flexibility index (Phi) is 5.17. The number of nitrogens with two attached hydrogens (primary N) is 1. The number of hydrogen-bond donors (Lipinski definition) is 3. The molecule has 0 spiro atoms. The molecule has 1 fully saturated rings. The second kappa shape index (κ2) is 7.69. The number of nitrogen functional groups attached to an aromatic ring is 1. The van der Waals surface area contributed by atoms with Gasteiger partial charge in [0.1, 0.15) is 10.7 Å². The van der Waals surface area contributed by atoms with Crippen LogP contribution in [0.1, 0.15) is 44.5 Å². The molecule has 4 rings (SSSR count). The first-order valence-electron chi connectivity index (χ1n) is 9.18. The largest absolute Gasteiger partial charge is 0.375 e. The number of aromatic nitrogens is 3. The zero-order valence-electron chi connectivity index (χ0n) is 16.2. The van der Waals surface area contributed by atoms with Crippen LogP contribution in [0.15, 0.2) is 30.6 Å². The average molecular weight is 450 g/mol. The lowest BCUT2D eigenvalue weighted by Crippen LogP contribution is -2.37. The summed E-state index contributed by atoms with van der Waals surface area (Å²) in [5, 5.41) is 9.34. The monoisotopic (exact) mass is 450 g/mol. The Morgan fingerprint density at radius 3 is 2.65 bits per heavy atom. The number of halogens is 3. The van der Waals surface area contributed by atoms with Crippen LogP contribution in [0, 0.1) is 12.7 Å². The van der Waals surface area contributed by atoms with E-state index in [0.29, 0.717) is 5.56 Å². The highest BCUT2D eigenvalue weighted by Crippen LogP contribution is 2.45. The van der Waals surface area contributed by atoms with E-state index in [0.717, 1.165) is 17.4 Å². The van der Waals surface area contributed by atoms with Crippen LogP contribution in [-0.4, -0.2) is 32.5 Å². The number of nitrogens with one attached hydrogen (secondary N) is 2. The van der Waals surface area contributed by atoms with Gasteiger partial charge in [-0.3, -0.25) is 14.3 Å². The van der Waals surface area contributed by atoms with Gasteiger partial charge in [-0.15, -0.1) is 0 Å². The molecule has 1 aliphatic rings. The minimum absolute atomic E-state index is 0.103. The van der Waals surface area contributed by atoms with Crippen LogP contribution in [0.25, 0.3) is 0 Å². The fraction of sp³-hybridized carbons (Fsp3) is 0.263. The molecule has 12 heteroatoms. The number of amides is 2. The second-order valence-electron chi connectivity index (χ2n) is 7.22. The molecule has 0 radical (unpaired) electrons. The van der Waals surface area contributed by atoms with E-state index >= 15 is 0 Å². The third-order valence-electron chi connectivity index (χ3n) is 4.85. The fourth-order valence-electron chi connectivity index (χ4n) is 3.17. The van der Waals surface area contributed by atoms with Gasteiger partial charge in [-0.1, -0.05) is 11.3 Å². The molecule has 1 saturated carbocycles. The molecule has 0 unspecified atom stereocenters. The van der Waals surface area contributed by atoms with Gasteiger partial charge in [0, 0.05) is 30.8 Å². The van der Waals surface area contributed by atoms with Crippen LogP contribution in [0.2, 0.25) is 0 Å². The highest BCUT2D eigenvalue weighted by atomic mass is 32.1. The summed E-state index contributed by atoms with van der Waals surface area (Å²) in [6.45, 7) is 1.58. The molecule has 31 heavy (non-hydrogen) atoms. The molecule has 2 aromatic heterocycles. The molecule has 3 aromatic rings. The highest BCUT2D eigenvalue weighted by molar-refractivity contribution is 7.17. The first-order chi connectivity index (χ1) is 14.6. The van der Waals surface area contributed by atoms with Gasteiger partial charge in [0.25, 0.3) is 17.7 Å². The third kappa shape index (κ3) is 4.38. The van der Waals surface area contributed by atoms with Crippen LogP contribution in [0.4, 0.5) is 29.8 Å². The maximum Gasteiger partial charge on any atom is 0.267 e. The highest BCUT2D eigenvalue weighted by Gasteiger charge is 2.46. The minimum Gasteiger partial charge on any atom is -0.375 e. The Morgan fingerprint density at radius 1 is 1.26 bits per heavy atom. The maximum absolute atomic E-state index is 14.4. The Hall–Kier alpha value is -3.41. The zero-order chi connectivity index (χ0) is 22.3. The quantitative estimate of drug-likeness (QED) is 0.546. The fourth-order valence-corrected chi connectivity index (χ4v) is 3.75. The van der Waals surface area contributed by atoms with Gasteiger partial charge in [-0.2, -0.15) is 5.10 Å². The Morgan fingerprint density at radius 2 is 2.00 bits per heavy atom. The molecule has 1 aromatic carbocycles. The summed E-state index contributed by atoms with van der Waals surface area (Å²) >= 11 is 0.991. The predicted molar refractivity (Wildman–Crippen MR) is 109 cm³/mol. The van der Waals surface area contributed by atoms with Crippen molar-refractivity contribution in [1.82, 2.24) is 14.8 Å². The summed E-state index contributed by atoms with van der Waals surface area (Å²) in [6, 6.07) is 3.34. The average Bonchev–Trinajstić information content (AvgIpc) is 3.30. The van der Waals surface area contributed by atoms with Gasteiger partial charge in [-0.05, 0) is 24.6 Å². The number of hydrogen-bond acceptors (Lipinski definition) is 6. The number of carbonyl (C=O) groups is 2. The lowest BCUT2D eigenvalue weighted by Gasteiger charge is -2.34. The van der Waals surface area contributed by atoms with E-state index in [2.05, 4.69) is 20.7 Å². The van der Waals surface area contributed by atoms with Crippen LogP contribution < -0.4 is 16.4 Å². The summed E-state index contributed by atoms with van der Waals surface area (Å²) in [4.78, 5) is 29.0. The lowest BCUT2D eigenvalue weighted by atomic mass is 9.88. The number of rotatable bonds is 5. The molecule has 2 amide bonds. The third-order valence-corrected chi connectivity index (χ3v) is 5.67. The summed E-state index contributed by atoms with van der Waals surface area (Å²) < 4.78 is 41.8. The molecule has 0 atom stereocenters. The summed E-state index contributed by atoms with van der Waals surface area (Å²) in [5.74, 6) is -4.67. The molecule has 1 aliphatic carbocycles. The predicted octanol–water partition coefficient (Wildman–Crippen LogP) is 3.84. The summed E-state index contributed by atoms with van der Waals surface area (Å²) in [5.41, 5.74) is 5.87. The number of aryl methyl sites for hydroxylation is 1. The van der Waals surface area contributed by atoms with Crippen molar-refractivity contribution in [2.24, 2.45) is 0 Å². The number of alkyl halides is 2. The standard InChI is InChI=1S/C19H17F3N6O2S/c1-9-4-12(20)11(5-13(9)25-17(30)14-8-24-18(23)31-14)16(29)26-15-2-3-28(27-15)10-6-19(21,22)7-10/h2-5,8,10H,6-7H2,1H3,(H2,23,24)(H,25,30)(H,26,27,29). The van der Waals surface area contributed by atoms with Crippen LogP contribution in [-0.2, 0) is 0 Å². The van der Waals surface area contributed by atoms with E-state index in [-0.39, 0.29) is 39.9 Å². The van der Waals surface area contributed by atoms with Crippen LogP contribution in [0.5, 0.6) is 0 Å². The first kappa shape index (κ1) is 20.8. The molecule has 0 saturated heterocycles. The lowest BCUT2D eigenvalue weighted by molar-refractivity contribution is -0.106. The number of nitrogens with zero attached hydrogens (tertiary/aromatic N) is 3. The van der Waals surface area contributed by atoms with Crippen molar-refractivity contribution < 1.29 is 22.8 Å². The Balaban J connectivity index is 1.48. The molecule has 4 N–H and O–H groups in total. The minimum atomic E-state index is -2.70. The summed E-state index contributed by atoms with van der Waals surface area (Å²) in [7, 11) is 0. The van der Waals surface area contributed by atoms with E-state index in [1.54, 1.807) is 6.92 Å². The van der Waals surface area contributed by atoms with Crippen molar-refractivity contribution in [3.8, 4) is 0 Å². The van der Waals surface area contributed by atoms with Crippen LogP contribution in [0.3, 0.4) is 0 Å². The van der Waals surface area contributed by atoms with Gasteiger partial charge in [0.2, 0.25) is 0 Å². The van der Waals surface area contributed by atoms with E-state index in [4.69, 9.17) is 5.73 Å². The smallest absolute Gasteiger partial charge is 0.267 e. The van der Waals surface area contributed by atoms with E-state index < -0.39 is 29.6 Å². The molecule has 0 aliphatic heterocycles. The van der Waals surface area contributed by atoms with Gasteiger partial charge in [0.05, 0.1) is 17.8 Å². The Bertz CT molecular complexity index is 1170. The van der Waals surface area contributed by atoms with Crippen molar-refractivity contribution in [3.05, 3.63) is 52.4 Å². The topological polar surface area (TPSA) is 115 Å². The normalized spacial score (nSPS) is 15.4. The van der Waals surface area contributed by atoms with Crippen molar-refractivity contribution in [2.75, 3.05) is 16.4 Å². The van der Waals surface area contributed by atoms with E-state index in [9.17, 15) is 22.8 Å². The second-order valence-corrected chi connectivity index (χ2v) is 8.28. The van der Waals surface area contributed by atoms with Crippen molar-refractivity contribution >= 4 is 39.8 Å². The molecular formula is C19H17F3N6O2S. The molecule has 2 heterocycles. The van der Waals surface area contributed by atoms with Crippen LogP contribution >= 0.6 is 11.3 Å². The Labute approximate surface area is 178 Å². The van der Waals surface area contributed by atoms with Crippen molar-refractivity contribution in [3.63, 3.8) is 0 Å².